The SMILES string of the molecule is Cc1ccccc1C(=O)NC1(C)CC1. The molecule has 1 aromatic carbocycles. The highest BCUT2D eigenvalue weighted by Crippen LogP contribution is 2.34. The Morgan fingerprint density at radius 3 is 2.57 bits per heavy atom. The van der Waals surface area contributed by atoms with Gasteiger partial charge in [0.25, 0.3) is 5.91 Å². The number of carbonyl (C=O) groups is 1. The van der Waals surface area contributed by atoms with Crippen LogP contribution in [0.15, 0.2) is 24.3 Å². The molecule has 0 aromatic heterocycles. The van der Waals surface area contributed by atoms with Gasteiger partial charge >= 0.3 is 0 Å². The van der Waals surface area contributed by atoms with Crippen molar-refractivity contribution in [2.24, 2.45) is 0 Å². The molecule has 0 saturated heterocycles. The molecule has 1 fully saturated rings. The molecule has 0 bridgehead atoms. The topological polar surface area (TPSA) is 29.1 Å². The first-order valence-corrected chi connectivity index (χ1v) is 4.99. The van der Waals surface area contributed by atoms with Gasteiger partial charge in [0.1, 0.15) is 0 Å². The Kier molecular flexibility index (Phi) is 2.06. The fraction of sp³-hybridized carbons (Fsp3) is 0.417. The molecule has 2 nitrogen and oxygen atoms in total. The molecule has 74 valence electrons. The molecule has 14 heavy (non-hydrogen) atoms. The van der Waals surface area contributed by atoms with Gasteiger partial charge in [-0.2, -0.15) is 0 Å². The van der Waals surface area contributed by atoms with E-state index in [0.717, 1.165) is 24.0 Å². The maximum absolute atomic E-state index is 11.8. The van der Waals surface area contributed by atoms with Crippen molar-refractivity contribution in [2.75, 3.05) is 0 Å². The monoisotopic (exact) mass is 189 g/mol. The summed E-state index contributed by atoms with van der Waals surface area (Å²) in [5.41, 5.74) is 1.90. The van der Waals surface area contributed by atoms with Crippen molar-refractivity contribution in [3.8, 4) is 0 Å². The van der Waals surface area contributed by atoms with Crippen molar-refractivity contribution in [3.63, 3.8) is 0 Å². The van der Waals surface area contributed by atoms with Crippen molar-refractivity contribution in [2.45, 2.75) is 32.2 Å². The molecule has 1 aliphatic rings. The largest absolute Gasteiger partial charge is 0.347 e. The summed E-state index contributed by atoms with van der Waals surface area (Å²) >= 11 is 0. The Morgan fingerprint density at radius 2 is 2.00 bits per heavy atom. The molecular formula is C12H15NO. The molecule has 0 unspecified atom stereocenters. The zero-order valence-corrected chi connectivity index (χ0v) is 8.63. The highest BCUT2D eigenvalue weighted by Gasteiger charge is 2.38. The molecule has 1 N–H and O–H groups in total. The van der Waals surface area contributed by atoms with Gasteiger partial charge in [-0.15, -0.1) is 0 Å². The van der Waals surface area contributed by atoms with Crippen LogP contribution in [0.1, 0.15) is 35.7 Å². The minimum absolute atomic E-state index is 0.0584. The van der Waals surface area contributed by atoms with E-state index in [4.69, 9.17) is 0 Å². The van der Waals surface area contributed by atoms with Crippen LogP contribution < -0.4 is 5.32 Å². The van der Waals surface area contributed by atoms with Crippen LogP contribution in [0.5, 0.6) is 0 Å². The van der Waals surface area contributed by atoms with Gasteiger partial charge in [0.05, 0.1) is 0 Å². The van der Waals surface area contributed by atoms with E-state index in [9.17, 15) is 4.79 Å². The molecule has 1 amide bonds. The Bertz CT molecular complexity index is 366. The molecule has 2 heteroatoms. The van der Waals surface area contributed by atoms with Gasteiger partial charge in [-0.1, -0.05) is 18.2 Å². The molecule has 1 aliphatic carbocycles. The van der Waals surface area contributed by atoms with Gasteiger partial charge in [-0.25, -0.2) is 0 Å². The van der Waals surface area contributed by atoms with E-state index in [1.54, 1.807) is 0 Å². The summed E-state index contributed by atoms with van der Waals surface area (Å²) in [6.07, 6.45) is 2.20. The van der Waals surface area contributed by atoms with E-state index >= 15 is 0 Å². The first-order valence-electron chi connectivity index (χ1n) is 4.99. The smallest absolute Gasteiger partial charge is 0.251 e. The molecule has 0 atom stereocenters. The summed E-state index contributed by atoms with van der Waals surface area (Å²) in [5, 5.41) is 3.05. The normalized spacial score (nSPS) is 17.6. The van der Waals surface area contributed by atoms with Crippen molar-refractivity contribution < 1.29 is 4.79 Å². The zero-order valence-electron chi connectivity index (χ0n) is 8.63. The van der Waals surface area contributed by atoms with Gasteiger partial charge in [0.2, 0.25) is 0 Å². The highest BCUT2D eigenvalue weighted by atomic mass is 16.1. The average molecular weight is 189 g/mol. The second-order valence-electron chi connectivity index (χ2n) is 4.33. The Morgan fingerprint density at radius 1 is 1.36 bits per heavy atom. The van der Waals surface area contributed by atoms with E-state index < -0.39 is 0 Å². The average Bonchev–Trinajstić information content (AvgIpc) is 2.84. The van der Waals surface area contributed by atoms with Gasteiger partial charge in [0, 0.05) is 11.1 Å². The third-order valence-corrected chi connectivity index (χ3v) is 2.81. The van der Waals surface area contributed by atoms with Crippen LogP contribution in [-0.4, -0.2) is 11.4 Å². The summed E-state index contributed by atoms with van der Waals surface area (Å²) in [4.78, 5) is 11.8. The number of aryl methyl sites for hydroxylation is 1. The Labute approximate surface area is 84.3 Å². The molecule has 0 spiro atoms. The van der Waals surface area contributed by atoms with Crippen LogP contribution in [0.25, 0.3) is 0 Å². The third-order valence-electron chi connectivity index (χ3n) is 2.81. The van der Waals surface area contributed by atoms with Crippen LogP contribution >= 0.6 is 0 Å². The van der Waals surface area contributed by atoms with Gasteiger partial charge in [-0.3, -0.25) is 4.79 Å². The maximum atomic E-state index is 11.8. The van der Waals surface area contributed by atoms with Crippen LogP contribution in [0.4, 0.5) is 0 Å². The van der Waals surface area contributed by atoms with Crippen LogP contribution in [-0.2, 0) is 0 Å². The predicted octanol–water partition coefficient (Wildman–Crippen LogP) is 2.28. The van der Waals surface area contributed by atoms with Crippen molar-refractivity contribution in [1.29, 1.82) is 0 Å². The van der Waals surface area contributed by atoms with Crippen LogP contribution in [0.2, 0.25) is 0 Å². The fourth-order valence-electron chi connectivity index (χ4n) is 1.48. The quantitative estimate of drug-likeness (QED) is 0.759. The molecule has 1 saturated carbocycles. The lowest BCUT2D eigenvalue weighted by Crippen LogP contribution is -2.34. The number of amides is 1. The molecule has 0 aliphatic heterocycles. The van der Waals surface area contributed by atoms with Gasteiger partial charge < -0.3 is 5.32 Å². The lowest BCUT2D eigenvalue weighted by Gasteiger charge is -2.12. The van der Waals surface area contributed by atoms with E-state index in [2.05, 4.69) is 12.2 Å². The summed E-state index contributed by atoms with van der Waals surface area (Å²) in [6.45, 7) is 4.05. The van der Waals surface area contributed by atoms with E-state index in [1.807, 2.05) is 31.2 Å². The highest BCUT2D eigenvalue weighted by molar-refractivity contribution is 5.96. The standard InChI is InChI=1S/C12H15NO/c1-9-5-3-4-6-10(9)11(14)13-12(2)7-8-12/h3-6H,7-8H2,1-2H3,(H,13,14). The number of rotatable bonds is 2. The first-order chi connectivity index (χ1) is 6.61. The van der Waals surface area contributed by atoms with Gasteiger partial charge in [-0.05, 0) is 38.3 Å². The second-order valence-corrected chi connectivity index (χ2v) is 4.33. The summed E-state index contributed by atoms with van der Waals surface area (Å²) < 4.78 is 0. The lowest BCUT2D eigenvalue weighted by atomic mass is 10.1. The molecule has 2 rings (SSSR count). The number of benzene rings is 1. The molecule has 0 heterocycles. The summed E-state index contributed by atoms with van der Waals surface area (Å²) in [6, 6.07) is 7.68. The first kappa shape index (κ1) is 9.25. The number of nitrogens with one attached hydrogen (secondary N) is 1. The van der Waals surface area contributed by atoms with Crippen LogP contribution in [0.3, 0.4) is 0 Å². The van der Waals surface area contributed by atoms with Crippen molar-refractivity contribution in [1.82, 2.24) is 5.32 Å². The van der Waals surface area contributed by atoms with Crippen LogP contribution in [0, 0.1) is 6.92 Å². The number of carbonyl (C=O) groups excluding carboxylic acids is 1. The van der Waals surface area contributed by atoms with Crippen molar-refractivity contribution >= 4 is 5.91 Å². The van der Waals surface area contributed by atoms with E-state index in [0.29, 0.717) is 0 Å². The number of hydrogen-bond donors (Lipinski definition) is 1. The minimum atomic E-state index is 0.0584. The molecular weight excluding hydrogens is 174 g/mol. The third kappa shape index (κ3) is 1.79. The lowest BCUT2D eigenvalue weighted by molar-refractivity contribution is 0.0935. The fourth-order valence-corrected chi connectivity index (χ4v) is 1.48. The van der Waals surface area contributed by atoms with E-state index in [-0.39, 0.29) is 11.4 Å². The summed E-state index contributed by atoms with van der Waals surface area (Å²) in [5.74, 6) is 0.0584. The predicted molar refractivity (Wildman–Crippen MR) is 56.3 cm³/mol. The minimum Gasteiger partial charge on any atom is -0.347 e. The Hall–Kier alpha value is -1.31. The Balaban J connectivity index is 2.15. The van der Waals surface area contributed by atoms with Crippen molar-refractivity contribution in [3.05, 3.63) is 35.4 Å². The molecule has 0 radical (unpaired) electrons. The molecule has 1 aromatic rings. The summed E-state index contributed by atoms with van der Waals surface area (Å²) in [7, 11) is 0. The second kappa shape index (κ2) is 3.12. The van der Waals surface area contributed by atoms with Gasteiger partial charge in [0.15, 0.2) is 0 Å². The maximum Gasteiger partial charge on any atom is 0.251 e. The zero-order chi connectivity index (χ0) is 10.2. The van der Waals surface area contributed by atoms with E-state index in [1.165, 1.54) is 0 Å². The number of hydrogen-bond acceptors (Lipinski definition) is 1.